The lowest BCUT2D eigenvalue weighted by Crippen LogP contribution is -2.42. The molecule has 2 aromatic rings. The molecule has 0 atom stereocenters. The first kappa shape index (κ1) is 18.5. The summed E-state index contributed by atoms with van der Waals surface area (Å²) in [6.45, 7) is 0. The highest BCUT2D eigenvalue weighted by molar-refractivity contribution is 7.89. The summed E-state index contributed by atoms with van der Waals surface area (Å²) < 4.78 is 70.2. The Labute approximate surface area is 138 Å². The molecule has 1 amide bonds. The fraction of sp³-hybridized carbons (Fsp3) is 0.250. The Kier molecular flexibility index (Phi) is 4.61. The molecule has 0 radical (unpaired) electrons. The van der Waals surface area contributed by atoms with Crippen LogP contribution in [0.25, 0.3) is 0 Å². The maximum atomic E-state index is 13.7. The van der Waals surface area contributed by atoms with E-state index in [1.807, 2.05) is 0 Å². The molecule has 0 aliphatic rings. The summed E-state index contributed by atoms with van der Waals surface area (Å²) in [6, 6.07) is -0.926. The zero-order chi connectivity index (χ0) is 19.1. The smallest absolute Gasteiger partial charge is 0.363 e. The molecule has 0 aliphatic heterocycles. The molecule has 13 heteroatoms. The Morgan fingerprint density at radius 1 is 1.24 bits per heavy atom. The van der Waals surface area contributed by atoms with Gasteiger partial charge in [-0.2, -0.15) is 0 Å². The summed E-state index contributed by atoms with van der Waals surface area (Å²) in [5.41, 5.74) is -1.03. The minimum Gasteiger partial charge on any atom is -0.467 e. The van der Waals surface area contributed by atoms with Gasteiger partial charge in [0.1, 0.15) is 4.90 Å². The van der Waals surface area contributed by atoms with Gasteiger partial charge < -0.3 is 4.74 Å². The standard InChI is InChI=1S/C12H11F3N4O5S/c1-17-10(24-3)16-19(11(17)20)12(21)18(2)25(22,23)7-5-4-6(13)8(14)9(7)15/h4-5H,1-3H3. The molecule has 0 aliphatic carbocycles. The van der Waals surface area contributed by atoms with Crippen LogP contribution >= 0.6 is 0 Å². The minimum absolute atomic E-state index is 0.0312. The van der Waals surface area contributed by atoms with Crippen LogP contribution in [0.4, 0.5) is 18.0 Å². The molecule has 0 saturated carbocycles. The van der Waals surface area contributed by atoms with Crippen LogP contribution in [-0.2, 0) is 17.1 Å². The fourth-order valence-electron chi connectivity index (χ4n) is 1.81. The lowest BCUT2D eigenvalue weighted by molar-refractivity contribution is 0.225. The van der Waals surface area contributed by atoms with Crippen molar-refractivity contribution in [3.63, 3.8) is 0 Å². The van der Waals surface area contributed by atoms with E-state index >= 15 is 0 Å². The maximum absolute atomic E-state index is 13.7. The second kappa shape index (κ2) is 6.23. The molecule has 0 fully saturated rings. The first-order valence-electron chi connectivity index (χ1n) is 6.40. The molecule has 1 aromatic carbocycles. The van der Waals surface area contributed by atoms with E-state index in [1.54, 1.807) is 0 Å². The molecule has 1 heterocycles. The van der Waals surface area contributed by atoms with E-state index in [9.17, 15) is 31.2 Å². The highest BCUT2D eigenvalue weighted by Gasteiger charge is 2.33. The van der Waals surface area contributed by atoms with Crippen molar-refractivity contribution in [3.05, 3.63) is 40.1 Å². The van der Waals surface area contributed by atoms with Crippen LogP contribution in [-0.4, -0.2) is 47.3 Å². The van der Waals surface area contributed by atoms with Gasteiger partial charge in [0.25, 0.3) is 10.0 Å². The van der Waals surface area contributed by atoms with Crippen molar-refractivity contribution in [2.24, 2.45) is 7.05 Å². The van der Waals surface area contributed by atoms with Crippen molar-refractivity contribution >= 4 is 16.1 Å². The van der Waals surface area contributed by atoms with Crippen LogP contribution in [0, 0.1) is 17.5 Å². The summed E-state index contributed by atoms with van der Waals surface area (Å²) in [4.78, 5) is 22.8. The van der Waals surface area contributed by atoms with Gasteiger partial charge in [0.2, 0.25) is 0 Å². The Morgan fingerprint density at radius 2 is 1.84 bits per heavy atom. The number of amides is 1. The van der Waals surface area contributed by atoms with E-state index in [0.29, 0.717) is 19.2 Å². The number of halogens is 3. The quantitative estimate of drug-likeness (QED) is 0.710. The Hall–Kier alpha value is -2.83. The van der Waals surface area contributed by atoms with Crippen molar-refractivity contribution < 1.29 is 31.1 Å². The number of benzene rings is 1. The number of methoxy groups -OCH3 is 1. The fourth-order valence-corrected chi connectivity index (χ4v) is 2.95. The van der Waals surface area contributed by atoms with Crippen LogP contribution in [0.15, 0.2) is 21.8 Å². The number of aromatic nitrogens is 3. The Morgan fingerprint density at radius 3 is 2.36 bits per heavy atom. The summed E-state index contributed by atoms with van der Waals surface area (Å²) in [6.07, 6.45) is 0. The van der Waals surface area contributed by atoms with Gasteiger partial charge >= 0.3 is 17.7 Å². The summed E-state index contributed by atoms with van der Waals surface area (Å²) >= 11 is 0. The summed E-state index contributed by atoms with van der Waals surface area (Å²) in [7, 11) is -1.86. The van der Waals surface area contributed by atoms with Gasteiger partial charge in [-0.3, -0.25) is 0 Å². The van der Waals surface area contributed by atoms with Crippen LogP contribution in [0.5, 0.6) is 6.01 Å². The predicted molar refractivity (Wildman–Crippen MR) is 76.1 cm³/mol. The van der Waals surface area contributed by atoms with E-state index in [0.717, 1.165) is 11.7 Å². The van der Waals surface area contributed by atoms with Crippen molar-refractivity contribution in [1.29, 1.82) is 0 Å². The second-order valence-electron chi connectivity index (χ2n) is 4.67. The first-order chi connectivity index (χ1) is 11.5. The van der Waals surface area contributed by atoms with Gasteiger partial charge in [-0.15, -0.1) is 9.78 Å². The van der Waals surface area contributed by atoms with Gasteiger partial charge in [0, 0.05) is 14.1 Å². The molecule has 0 unspecified atom stereocenters. The maximum Gasteiger partial charge on any atom is 0.363 e. The van der Waals surface area contributed by atoms with E-state index in [4.69, 9.17) is 4.74 Å². The van der Waals surface area contributed by atoms with Crippen molar-refractivity contribution in [1.82, 2.24) is 18.7 Å². The highest BCUT2D eigenvalue weighted by atomic mass is 32.2. The molecular weight excluding hydrogens is 369 g/mol. The second-order valence-corrected chi connectivity index (χ2v) is 6.61. The number of nitrogens with zero attached hydrogens (tertiary/aromatic N) is 4. The third-order valence-corrected chi connectivity index (χ3v) is 4.96. The van der Waals surface area contributed by atoms with E-state index in [2.05, 4.69) is 5.10 Å². The number of carbonyl (C=O) groups is 1. The number of ether oxygens (including phenoxy) is 1. The largest absolute Gasteiger partial charge is 0.467 e. The van der Waals surface area contributed by atoms with Crippen LogP contribution in [0.1, 0.15) is 0 Å². The topological polar surface area (TPSA) is 104 Å². The summed E-state index contributed by atoms with van der Waals surface area (Å²) in [5, 5.41) is 3.47. The molecule has 9 nitrogen and oxygen atoms in total. The number of carbonyl (C=O) groups excluding carboxylic acids is 1. The number of hydrogen-bond donors (Lipinski definition) is 0. The van der Waals surface area contributed by atoms with Crippen molar-refractivity contribution in [3.8, 4) is 6.01 Å². The SMILES string of the molecule is COc1nn(C(=O)N(C)S(=O)(=O)c2ccc(F)c(F)c2F)c(=O)n1C. The molecule has 1 aromatic heterocycles. The van der Waals surface area contributed by atoms with E-state index in [-0.39, 0.29) is 15.0 Å². The number of sulfonamides is 1. The monoisotopic (exact) mass is 380 g/mol. The van der Waals surface area contributed by atoms with E-state index < -0.39 is 44.1 Å². The zero-order valence-corrected chi connectivity index (χ0v) is 13.8. The molecule has 136 valence electrons. The number of hydrogen-bond acceptors (Lipinski definition) is 6. The van der Waals surface area contributed by atoms with Gasteiger partial charge in [-0.1, -0.05) is 0 Å². The van der Waals surface area contributed by atoms with Crippen molar-refractivity contribution in [2.75, 3.05) is 14.2 Å². The Balaban J connectivity index is 2.53. The average Bonchev–Trinajstić information content (AvgIpc) is 2.86. The lowest BCUT2D eigenvalue weighted by Gasteiger charge is -2.17. The van der Waals surface area contributed by atoms with Gasteiger partial charge in [-0.05, 0) is 12.1 Å². The van der Waals surface area contributed by atoms with Gasteiger partial charge in [0.15, 0.2) is 17.5 Å². The van der Waals surface area contributed by atoms with Crippen LogP contribution in [0.2, 0.25) is 0 Å². The molecule has 0 bridgehead atoms. The normalized spacial score (nSPS) is 11.4. The van der Waals surface area contributed by atoms with Gasteiger partial charge in [0.05, 0.1) is 7.11 Å². The summed E-state index contributed by atoms with van der Waals surface area (Å²) in [5.74, 6) is -5.61. The van der Waals surface area contributed by atoms with E-state index in [1.165, 1.54) is 7.05 Å². The Bertz CT molecular complexity index is 1010. The molecule has 2 rings (SSSR count). The lowest BCUT2D eigenvalue weighted by atomic mass is 10.3. The third-order valence-electron chi connectivity index (χ3n) is 3.21. The van der Waals surface area contributed by atoms with Crippen LogP contribution in [0.3, 0.4) is 0 Å². The minimum atomic E-state index is -4.93. The molecular formula is C12H11F3N4O5S. The van der Waals surface area contributed by atoms with Gasteiger partial charge in [-0.25, -0.2) is 40.1 Å². The highest BCUT2D eigenvalue weighted by Crippen LogP contribution is 2.22. The predicted octanol–water partition coefficient (Wildman–Crippen LogP) is 0.296. The molecule has 25 heavy (non-hydrogen) atoms. The number of rotatable bonds is 3. The molecule has 0 saturated heterocycles. The van der Waals surface area contributed by atoms with Crippen LogP contribution < -0.4 is 10.4 Å². The average molecular weight is 380 g/mol. The first-order valence-corrected chi connectivity index (χ1v) is 7.84. The molecule has 0 N–H and O–H groups in total. The zero-order valence-electron chi connectivity index (χ0n) is 13.0. The molecule has 0 spiro atoms. The third kappa shape index (κ3) is 2.86. The van der Waals surface area contributed by atoms with Crippen molar-refractivity contribution in [2.45, 2.75) is 4.90 Å².